The highest BCUT2D eigenvalue weighted by Gasteiger charge is 2.53. The lowest BCUT2D eigenvalue weighted by molar-refractivity contribution is -0.0311. The molecule has 1 unspecified atom stereocenters. The standard InChI is InChI=1S/C22H26BrNS/c1-14(2)11-18-21-20-16(8-5-9-17(20)23)19(12-22(21,3)4)24(18)13-15-7-6-10-25-15/h5-10,18-19,21H,1,11-13H2,2-4H3/t18?,19-,21-/m0/s1. The van der Waals surface area contributed by atoms with Crippen LogP contribution in [0.15, 0.2) is 52.3 Å². The molecule has 3 aliphatic rings. The Bertz CT molecular complexity index is 792. The van der Waals surface area contributed by atoms with Crippen LogP contribution in [0.2, 0.25) is 0 Å². The van der Waals surface area contributed by atoms with Crippen LogP contribution in [0.5, 0.6) is 0 Å². The molecule has 0 saturated carbocycles. The van der Waals surface area contributed by atoms with Crippen molar-refractivity contribution in [2.45, 2.75) is 58.2 Å². The van der Waals surface area contributed by atoms with E-state index in [4.69, 9.17) is 0 Å². The first-order valence-corrected chi connectivity index (χ1v) is 10.8. The fraction of sp³-hybridized carbons (Fsp3) is 0.455. The van der Waals surface area contributed by atoms with E-state index in [0.29, 0.717) is 23.4 Å². The molecule has 1 aromatic carbocycles. The van der Waals surface area contributed by atoms with E-state index in [1.54, 1.807) is 5.56 Å². The molecule has 1 nitrogen and oxygen atoms in total. The first-order valence-electron chi connectivity index (χ1n) is 9.09. The third-order valence-electron chi connectivity index (χ3n) is 6.01. The van der Waals surface area contributed by atoms with Gasteiger partial charge in [0.15, 0.2) is 0 Å². The molecule has 1 saturated heterocycles. The van der Waals surface area contributed by atoms with Crippen molar-refractivity contribution >= 4 is 27.3 Å². The summed E-state index contributed by atoms with van der Waals surface area (Å²) in [7, 11) is 0. The topological polar surface area (TPSA) is 3.24 Å². The number of fused-ring (bicyclic) bond motifs is 2. The molecule has 1 fully saturated rings. The van der Waals surface area contributed by atoms with Gasteiger partial charge in [0, 0.05) is 33.9 Å². The zero-order valence-electron chi connectivity index (χ0n) is 15.3. The Hall–Kier alpha value is -0.900. The smallest absolute Gasteiger partial charge is 0.0363 e. The average molecular weight is 416 g/mol. The Balaban J connectivity index is 1.84. The number of thiophene rings is 1. The van der Waals surface area contributed by atoms with E-state index in [0.717, 1.165) is 13.0 Å². The first-order chi connectivity index (χ1) is 11.9. The van der Waals surface area contributed by atoms with Gasteiger partial charge in [-0.05, 0) is 53.8 Å². The predicted octanol–water partition coefficient (Wildman–Crippen LogP) is 6.92. The summed E-state index contributed by atoms with van der Waals surface area (Å²) in [6, 6.07) is 12.2. The zero-order valence-corrected chi connectivity index (χ0v) is 17.7. The molecule has 0 spiro atoms. The van der Waals surface area contributed by atoms with Crippen LogP contribution in [0.25, 0.3) is 0 Å². The maximum atomic E-state index is 4.25. The molecule has 3 atom stereocenters. The third kappa shape index (κ3) is 2.94. The van der Waals surface area contributed by atoms with E-state index in [9.17, 15) is 0 Å². The van der Waals surface area contributed by atoms with Gasteiger partial charge >= 0.3 is 0 Å². The second kappa shape index (κ2) is 6.37. The molecule has 0 N–H and O–H groups in total. The van der Waals surface area contributed by atoms with Crippen molar-refractivity contribution in [1.29, 1.82) is 0 Å². The van der Waals surface area contributed by atoms with Gasteiger partial charge in [-0.1, -0.05) is 53.5 Å². The maximum absolute atomic E-state index is 4.25. The molecule has 2 aromatic rings. The summed E-state index contributed by atoms with van der Waals surface area (Å²) in [4.78, 5) is 4.24. The van der Waals surface area contributed by atoms with Gasteiger partial charge in [0.2, 0.25) is 0 Å². The number of piperidine rings is 1. The highest BCUT2D eigenvalue weighted by molar-refractivity contribution is 9.10. The van der Waals surface area contributed by atoms with Crippen molar-refractivity contribution in [3.8, 4) is 0 Å². The maximum Gasteiger partial charge on any atom is 0.0363 e. The fourth-order valence-corrected chi connectivity index (χ4v) is 6.47. The van der Waals surface area contributed by atoms with Gasteiger partial charge in [0.1, 0.15) is 0 Å². The Morgan fingerprint density at radius 1 is 1.32 bits per heavy atom. The lowest BCUT2D eigenvalue weighted by atomic mass is 9.57. The van der Waals surface area contributed by atoms with E-state index in [2.05, 4.69) is 83.9 Å². The molecule has 3 heterocycles. The van der Waals surface area contributed by atoms with Gasteiger partial charge in [0.25, 0.3) is 0 Å². The minimum Gasteiger partial charge on any atom is -0.287 e. The predicted molar refractivity (Wildman–Crippen MR) is 111 cm³/mol. The van der Waals surface area contributed by atoms with Crippen LogP contribution >= 0.6 is 27.3 Å². The quantitative estimate of drug-likeness (QED) is 0.489. The first kappa shape index (κ1) is 17.5. The van der Waals surface area contributed by atoms with Crippen LogP contribution in [-0.2, 0) is 6.54 Å². The highest BCUT2D eigenvalue weighted by atomic mass is 79.9. The molecule has 2 bridgehead atoms. The van der Waals surface area contributed by atoms with Crippen molar-refractivity contribution in [3.05, 3.63) is 68.3 Å². The molecule has 2 aliphatic heterocycles. The number of rotatable bonds is 4. The van der Waals surface area contributed by atoms with E-state index in [-0.39, 0.29) is 0 Å². The molecular formula is C22H26BrNS. The van der Waals surface area contributed by atoms with E-state index < -0.39 is 0 Å². The van der Waals surface area contributed by atoms with Gasteiger partial charge in [0.05, 0.1) is 0 Å². The molecule has 0 amide bonds. The molecule has 0 radical (unpaired) electrons. The Morgan fingerprint density at radius 3 is 2.80 bits per heavy atom. The van der Waals surface area contributed by atoms with Crippen LogP contribution in [0.3, 0.4) is 0 Å². The van der Waals surface area contributed by atoms with Crippen LogP contribution in [0, 0.1) is 5.41 Å². The lowest BCUT2D eigenvalue weighted by Crippen LogP contribution is -2.56. The zero-order chi connectivity index (χ0) is 17.8. The van der Waals surface area contributed by atoms with Crippen LogP contribution < -0.4 is 0 Å². The van der Waals surface area contributed by atoms with Crippen LogP contribution in [0.1, 0.15) is 61.6 Å². The summed E-state index contributed by atoms with van der Waals surface area (Å²) in [5.41, 5.74) is 4.69. The van der Waals surface area contributed by atoms with Crippen LogP contribution in [0.4, 0.5) is 0 Å². The van der Waals surface area contributed by atoms with Gasteiger partial charge in [-0.25, -0.2) is 0 Å². The van der Waals surface area contributed by atoms with Crippen molar-refractivity contribution in [2.75, 3.05) is 0 Å². The summed E-state index contributed by atoms with van der Waals surface area (Å²) in [6.45, 7) is 12.4. The Kier molecular flexibility index (Phi) is 4.46. The Morgan fingerprint density at radius 2 is 2.12 bits per heavy atom. The molecule has 1 aromatic heterocycles. The van der Waals surface area contributed by atoms with Crippen LogP contribution in [-0.4, -0.2) is 10.9 Å². The van der Waals surface area contributed by atoms with E-state index in [1.807, 2.05) is 11.3 Å². The number of nitrogens with zero attached hydrogens (tertiary/aromatic N) is 1. The Labute approximate surface area is 163 Å². The van der Waals surface area contributed by atoms with E-state index >= 15 is 0 Å². The fourth-order valence-electron chi connectivity index (χ4n) is 5.13. The van der Waals surface area contributed by atoms with Gasteiger partial charge in [-0.2, -0.15) is 0 Å². The highest BCUT2D eigenvalue weighted by Crippen LogP contribution is 2.61. The largest absolute Gasteiger partial charge is 0.287 e. The van der Waals surface area contributed by atoms with Crippen molar-refractivity contribution in [1.82, 2.24) is 4.90 Å². The minimum absolute atomic E-state index is 0.313. The lowest BCUT2D eigenvalue weighted by Gasteiger charge is -2.59. The number of halogens is 1. The number of hydrogen-bond acceptors (Lipinski definition) is 2. The number of benzene rings is 1. The SMILES string of the molecule is C=C(C)CC1[C@H]2c3c(Br)cccc3[C@H](CC2(C)C)N1Cc1cccs1. The molecule has 1 aliphatic carbocycles. The normalized spacial score (nSPS) is 27.3. The molecular weight excluding hydrogens is 390 g/mol. The molecule has 132 valence electrons. The van der Waals surface area contributed by atoms with Crippen molar-refractivity contribution in [2.24, 2.45) is 5.41 Å². The van der Waals surface area contributed by atoms with Crippen molar-refractivity contribution in [3.63, 3.8) is 0 Å². The third-order valence-corrected chi connectivity index (χ3v) is 7.56. The number of hydrogen-bond donors (Lipinski definition) is 0. The van der Waals surface area contributed by atoms with Gasteiger partial charge in [-0.3, -0.25) is 4.90 Å². The summed E-state index contributed by atoms with van der Waals surface area (Å²) in [5.74, 6) is 0.541. The monoisotopic (exact) mass is 415 g/mol. The van der Waals surface area contributed by atoms with Gasteiger partial charge < -0.3 is 0 Å². The molecule has 3 heteroatoms. The summed E-state index contributed by atoms with van der Waals surface area (Å²) in [5, 5.41) is 2.19. The summed E-state index contributed by atoms with van der Waals surface area (Å²) in [6.07, 6.45) is 2.32. The van der Waals surface area contributed by atoms with Gasteiger partial charge in [-0.15, -0.1) is 17.9 Å². The second-order valence-corrected chi connectivity index (χ2v) is 10.3. The summed E-state index contributed by atoms with van der Waals surface area (Å²) < 4.78 is 1.29. The molecule has 25 heavy (non-hydrogen) atoms. The minimum atomic E-state index is 0.313. The second-order valence-electron chi connectivity index (χ2n) is 8.41. The molecule has 5 rings (SSSR count). The van der Waals surface area contributed by atoms with Crippen molar-refractivity contribution < 1.29 is 0 Å². The summed E-state index contributed by atoms with van der Waals surface area (Å²) >= 11 is 5.75. The average Bonchev–Trinajstić information content (AvgIpc) is 3.02. The van der Waals surface area contributed by atoms with E-state index in [1.165, 1.54) is 26.9 Å².